The summed E-state index contributed by atoms with van der Waals surface area (Å²) in [5.74, 6) is -0.0116. The molecule has 0 radical (unpaired) electrons. The molecule has 0 aliphatic carbocycles. The standard InChI is InChI=1S/C12H14N4O2/c1-7(2)8-3-5-9(6-4-8)14-12(17)10-11(13)16-18-15-10/h3-7H,1-2H3,(H2,13,16)(H,14,17). The summed E-state index contributed by atoms with van der Waals surface area (Å²) in [6, 6.07) is 7.59. The van der Waals surface area contributed by atoms with Gasteiger partial charge in [-0.05, 0) is 33.9 Å². The van der Waals surface area contributed by atoms with Crippen LogP contribution in [0.4, 0.5) is 11.5 Å². The molecule has 1 aromatic carbocycles. The van der Waals surface area contributed by atoms with Crippen molar-refractivity contribution in [3.05, 3.63) is 35.5 Å². The Kier molecular flexibility index (Phi) is 3.27. The molecule has 0 saturated carbocycles. The zero-order valence-electron chi connectivity index (χ0n) is 10.2. The third kappa shape index (κ3) is 2.48. The molecule has 1 aromatic heterocycles. The molecule has 0 fully saturated rings. The highest BCUT2D eigenvalue weighted by Crippen LogP contribution is 2.17. The van der Waals surface area contributed by atoms with Crippen molar-refractivity contribution in [1.82, 2.24) is 10.3 Å². The van der Waals surface area contributed by atoms with Gasteiger partial charge in [-0.2, -0.15) is 0 Å². The summed E-state index contributed by atoms with van der Waals surface area (Å²) in [6.07, 6.45) is 0. The van der Waals surface area contributed by atoms with Crippen LogP contribution in [0.5, 0.6) is 0 Å². The number of nitrogen functional groups attached to an aromatic ring is 1. The van der Waals surface area contributed by atoms with E-state index in [0.29, 0.717) is 11.6 Å². The number of benzene rings is 1. The van der Waals surface area contributed by atoms with Crippen LogP contribution in [0.15, 0.2) is 28.9 Å². The van der Waals surface area contributed by atoms with Gasteiger partial charge in [-0.25, -0.2) is 4.63 Å². The van der Waals surface area contributed by atoms with Gasteiger partial charge in [-0.1, -0.05) is 26.0 Å². The monoisotopic (exact) mass is 246 g/mol. The normalized spacial score (nSPS) is 10.6. The van der Waals surface area contributed by atoms with Crippen LogP contribution in [-0.4, -0.2) is 16.2 Å². The van der Waals surface area contributed by atoms with Crippen molar-refractivity contribution in [2.45, 2.75) is 19.8 Å². The second kappa shape index (κ2) is 4.87. The predicted octanol–water partition coefficient (Wildman–Crippen LogP) is 2.03. The van der Waals surface area contributed by atoms with Crippen molar-refractivity contribution in [3.63, 3.8) is 0 Å². The summed E-state index contributed by atoms with van der Waals surface area (Å²) in [7, 11) is 0. The Labute approximate surface area is 104 Å². The minimum absolute atomic E-state index is 0.0112. The number of nitrogens with two attached hydrogens (primary N) is 1. The first-order valence-corrected chi connectivity index (χ1v) is 5.57. The summed E-state index contributed by atoms with van der Waals surface area (Å²) < 4.78 is 4.37. The van der Waals surface area contributed by atoms with E-state index in [-0.39, 0.29) is 11.5 Å². The van der Waals surface area contributed by atoms with Crippen LogP contribution in [0.25, 0.3) is 0 Å². The van der Waals surface area contributed by atoms with Crippen molar-refractivity contribution in [2.75, 3.05) is 11.1 Å². The summed E-state index contributed by atoms with van der Waals surface area (Å²) >= 11 is 0. The average Bonchev–Trinajstić information content (AvgIpc) is 2.76. The lowest BCUT2D eigenvalue weighted by Crippen LogP contribution is -2.14. The van der Waals surface area contributed by atoms with E-state index >= 15 is 0 Å². The summed E-state index contributed by atoms with van der Waals surface area (Å²) in [6.45, 7) is 4.21. The lowest BCUT2D eigenvalue weighted by molar-refractivity contribution is 0.101. The number of hydrogen-bond donors (Lipinski definition) is 2. The third-order valence-corrected chi connectivity index (χ3v) is 2.56. The topological polar surface area (TPSA) is 94.0 Å². The molecule has 0 aliphatic rings. The Bertz CT molecular complexity index is 545. The number of amides is 1. The van der Waals surface area contributed by atoms with Crippen LogP contribution in [0.3, 0.4) is 0 Å². The zero-order valence-corrected chi connectivity index (χ0v) is 10.2. The minimum Gasteiger partial charge on any atom is -0.379 e. The Hall–Kier alpha value is -2.37. The van der Waals surface area contributed by atoms with Gasteiger partial charge < -0.3 is 11.1 Å². The van der Waals surface area contributed by atoms with Crippen LogP contribution < -0.4 is 11.1 Å². The fourth-order valence-electron chi connectivity index (χ4n) is 1.49. The summed E-state index contributed by atoms with van der Waals surface area (Å²) in [5, 5.41) is 9.45. The number of nitrogens with zero attached hydrogens (tertiary/aromatic N) is 2. The molecule has 94 valence electrons. The second-order valence-electron chi connectivity index (χ2n) is 4.23. The van der Waals surface area contributed by atoms with Crippen LogP contribution in [0.1, 0.15) is 35.8 Å². The van der Waals surface area contributed by atoms with Crippen molar-refractivity contribution < 1.29 is 9.42 Å². The van der Waals surface area contributed by atoms with E-state index in [1.165, 1.54) is 5.56 Å². The second-order valence-corrected chi connectivity index (χ2v) is 4.23. The van der Waals surface area contributed by atoms with Crippen molar-refractivity contribution >= 4 is 17.4 Å². The first-order chi connectivity index (χ1) is 8.58. The highest BCUT2D eigenvalue weighted by Gasteiger charge is 2.15. The van der Waals surface area contributed by atoms with E-state index in [0.717, 1.165) is 0 Å². The molecule has 1 amide bonds. The van der Waals surface area contributed by atoms with Crippen LogP contribution >= 0.6 is 0 Å². The summed E-state index contributed by atoms with van der Waals surface area (Å²) in [4.78, 5) is 11.8. The molecule has 0 unspecified atom stereocenters. The maximum atomic E-state index is 11.8. The molecule has 1 heterocycles. The molecule has 3 N–H and O–H groups in total. The number of nitrogens with one attached hydrogen (secondary N) is 1. The smallest absolute Gasteiger partial charge is 0.281 e. The first kappa shape index (κ1) is 12.1. The molecule has 2 rings (SSSR count). The molecular weight excluding hydrogens is 232 g/mol. The molecule has 0 spiro atoms. The highest BCUT2D eigenvalue weighted by atomic mass is 16.6. The zero-order chi connectivity index (χ0) is 13.1. The van der Waals surface area contributed by atoms with Crippen molar-refractivity contribution in [1.29, 1.82) is 0 Å². The van der Waals surface area contributed by atoms with Crippen molar-refractivity contribution in [3.8, 4) is 0 Å². The average molecular weight is 246 g/mol. The summed E-state index contributed by atoms with van der Waals surface area (Å²) in [5.41, 5.74) is 7.30. The van der Waals surface area contributed by atoms with Gasteiger partial charge >= 0.3 is 0 Å². The largest absolute Gasteiger partial charge is 0.379 e. The SMILES string of the molecule is CC(C)c1ccc(NC(=O)c2nonc2N)cc1. The van der Waals surface area contributed by atoms with Gasteiger partial charge in [-0.3, -0.25) is 4.79 Å². The van der Waals surface area contributed by atoms with E-state index in [1.807, 2.05) is 24.3 Å². The quantitative estimate of drug-likeness (QED) is 0.864. The van der Waals surface area contributed by atoms with Gasteiger partial charge in [0.15, 0.2) is 0 Å². The van der Waals surface area contributed by atoms with Crippen LogP contribution in [0.2, 0.25) is 0 Å². The maximum absolute atomic E-state index is 11.8. The Morgan fingerprint density at radius 1 is 1.28 bits per heavy atom. The number of aromatic nitrogens is 2. The maximum Gasteiger partial charge on any atom is 0.281 e. The predicted molar refractivity (Wildman–Crippen MR) is 67.2 cm³/mol. The van der Waals surface area contributed by atoms with Crippen LogP contribution in [-0.2, 0) is 0 Å². The Morgan fingerprint density at radius 2 is 1.94 bits per heavy atom. The van der Waals surface area contributed by atoms with Gasteiger partial charge in [0, 0.05) is 5.69 Å². The molecular formula is C12H14N4O2. The fraction of sp³-hybridized carbons (Fsp3) is 0.250. The minimum atomic E-state index is -0.439. The molecule has 18 heavy (non-hydrogen) atoms. The molecule has 0 atom stereocenters. The van der Waals surface area contributed by atoms with E-state index in [9.17, 15) is 4.79 Å². The molecule has 6 nitrogen and oxygen atoms in total. The number of hydrogen-bond acceptors (Lipinski definition) is 5. The lowest BCUT2D eigenvalue weighted by Gasteiger charge is -2.07. The van der Waals surface area contributed by atoms with E-state index in [1.54, 1.807) is 0 Å². The van der Waals surface area contributed by atoms with Gasteiger partial charge in [0.1, 0.15) is 0 Å². The Balaban J connectivity index is 2.10. The van der Waals surface area contributed by atoms with Crippen molar-refractivity contribution in [2.24, 2.45) is 0 Å². The van der Waals surface area contributed by atoms with Gasteiger partial charge in [-0.15, -0.1) is 0 Å². The van der Waals surface area contributed by atoms with E-state index < -0.39 is 5.91 Å². The number of carbonyl (C=O) groups is 1. The number of carbonyl (C=O) groups excluding carboxylic acids is 1. The lowest BCUT2D eigenvalue weighted by atomic mass is 10.0. The number of rotatable bonds is 3. The highest BCUT2D eigenvalue weighted by molar-refractivity contribution is 6.05. The molecule has 2 aromatic rings. The van der Waals surface area contributed by atoms with Gasteiger partial charge in [0.2, 0.25) is 11.5 Å². The van der Waals surface area contributed by atoms with Crippen LogP contribution in [0, 0.1) is 0 Å². The molecule has 0 bridgehead atoms. The van der Waals surface area contributed by atoms with E-state index in [4.69, 9.17) is 5.73 Å². The number of anilines is 2. The first-order valence-electron chi connectivity index (χ1n) is 5.57. The molecule has 6 heteroatoms. The Morgan fingerprint density at radius 3 is 2.44 bits per heavy atom. The fourth-order valence-corrected chi connectivity index (χ4v) is 1.49. The molecule has 0 aliphatic heterocycles. The molecule has 0 saturated heterocycles. The van der Waals surface area contributed by atoms with Gasteiger partial charge in [0.25, 0.3) is 5.91 Å². The third-order valence-electron chi connectivity index (χ3n) is 2.56. The van der Waals surface area contributed by atoms with Gasteiger partial charge in [0.05, 0.1) is 0 Å². The van der Waals surface area contributed by atoms with E-state index in [2.05, 4.69) is 34.1 Å².